The molecule has 1 aromatic carbocycles. The van der Waals surface area contributed by atoms with Crippen LogP contribution in [0.4, 0.5) is 0 Å². The zero-order valence-electron chi connectivity index (χ0n) is 13.9. The summed E-state index contributed by atoms with van der Waals surface area (Å²) in [7, 11) is 0. The van der Waals surface area contributed by atoms with Crippen LogP contribution in [0.2, 0.25) is 0 Å². The van der Waals surface area contributed by atoms with Crippen molar-refractivity contribution in [1.29, 1.82) is 0 Å². The summed E-state index contributed by atoms with van der Waals surface area (Å²) in [6.45, 7) is 17.7. The van der Waals surface area contributed by atoms with Gasteiger partial charge in [0.25, 0.3) is 0 Å². The number of hydrogen-bond donors (Lipinski definition) is 0. The Kier molecular flexibility index (Phi) is 25.9. The predicted octanol–water partition coefficient (Wildman–Crippen LogP) is 6.62. The molecule has 0 bridgehead atoms. The van der Waals surface area contributed by atoms with Gasteiger partial charge in [0.15, 0.2) is 0 Å². The molecule has 1 heteroatoms. The molecule has 0 saturated carbocycles. The lowest BCUT2D eigenvalue weighted by Crippen LogP contribution is -1.88. The van der Waals surface area contributed by atoms with E-state index >= 15 is 0 Å². The third kappa shape index (κ3) is 19.0. The smallest absolute Gasteiger partial charge is 0.126 e. The molecule has 0 aliphatic heterocycles. The molecule has 1 nitrogen and oxygen atoms in total. The summed E-state index contributed by atoms with van der Waals surface area (Å²) in [6.07, 6.45) is 4.78. The van der Waals surface area contributed by atoms with Crippen LogP contribution >= 0.6 is 0 Å². The second kappa shape index (κ2) is 21.8. The molecule has 0 aromatic heterocycles. The average Bonchev–Trinajstić information content (AvgIpc) is 2.45. The molecule has 0 heterocycles. The van der Waals surface area contributed by atoms with E-state index in [4.69, 9.17) is 4.74 Å². The second-order valence-electron chi connectivity index (χ2n) is 3.14. The van der Waals surface area contributed by atoms with Crippen molar-refractivity contribution >= 4 is 0 Å². The fraction of sp³-hybridized carbons (Fsp3) is 0.444. The monoisotopic (exact) mass is 264 g/mol. The molecule has 110 valence electrons. The van der Waals surface area contributed by atoms with Gasteiger partial charge in [0, 0.05) is 0 Å². The van der Waals surface area contributed by atoms with Crippen molar-refractivity contribution in [2.24, 2.45) is 0 Å². The van der Waals surface area contributed by atoms with E-state index in [1.807, 2.05) is 71.0 Å². The average molecular weight is 264 g/mol. The van der Waals surface area contributed by atoms with E-state index in [0.29, 0.717) is 0 Å². The fourth-order valence-electron chi connectivity index (χ4n) is 0.874. The van der Waals surface area contributed by atoms with Gasteiger partial charge < -0.3 is 4.74 Å². The topological polar surface area (TPSA) is 9.23 Å². The Bertz CT molecular complexity index is 286. The first-order valence-electron chi connectivity index (χ1n) is 7.26. The summed E-state index contributed by atoms with van der Waals surface area (Å²) < 4.78 is 5.44. The van der Waals surface area contributed by atoms with Gasteiger partial charge in [-0.1, -0.05) is 78.8 Å². The Hall–Kier alpha value is -1.50. The fourth-order valence-corrected chi connectivity index (χ4v) is 0.874. The molecule has 0 spiro atoms. The Labute approximate surface area is 121 Å². The van der Waals surface area contributed by atoms with Gasteiger partial charge >= 0.3 is 0 Å². The van der Waals surface area contributed by atoms with Crippen molar-refractivity contribution < 1.29 is 4.74 Å². The van der Waals surface area contributed by atoms with Gasteiger partial charge in [0.2, 0.25) is 0 Å². The zero-order chi connectivity index (χ0) is 15.5. The van der Waals surface area contributed by atoms with Crippen LogP contribution in [0.25, 0.3) is 0 Å². The molecule has 1 aromatic rings. The Morgan fingerprint density at radius 1 is 1.05 bits per heavy atom. The molecular weight excluding hydrogens is 232 g/mol. The molecule has 0 atom stereocenters. The van der Waals surface area contributed by atoms with E-state index in [1.165, 1.54) is 6.42 Å². The minimum atomic E-state index is 0.844. The van der Waals surface area contributed by atoms with Crippen LogP contribution in [0.5, 0.6) is 5.75 Å². The van der Waals surface area contributed by atoms with Crippen molar-refractivity contribution in [2.45, 2.75) is 54.9 Å². The molecule has 0 amide bonds. The highest BCUT2D eigenvalue weighted by Gasteiger charge is 1.90. The molecule has 0 saturated heterocycles. The van der Waals surface area contributed by atoms with Crippen molar-refractivity contribution in [3.8, 4) is 5.75 Å². The van der Waals surface area contributed by atoms with Crippen LogP contribution in [-0.2, 0) is 0 Å². The van der Waals surface area contributed by atoms with Gasteiger partial charge in [0.1, 0.15) is 11.5 Å². The van der Waals surface area contributed by atoms with Gasteiger partial charge in [-0.15, -0.1) is 0 Å². The van der Waals surface area contributed by atoms with Crippen molar-refractivity contribution in [1.82, 2.24) is 0 Å². The first kappa shape index (κ1) is 22.7. The maximum atomic E-state index is 5.44. The zero-order valence-corrected chi connectivity index (χ0v) is 13.9. The molecule has 0 radical (unpaired) electrons. The minimum Gasteiger partial charge on any atom is -0.462 e. The molecule has 0 unspecified atom stereocenters. The van der Waals surface area contributed by atoms with E-state index in [9.17, 15) is 0 Å². The largest absolute Gasteiger partial charge is 0.462 e. The van der Waals surface area contributed by atoms with E-state index in [-0.39, 0.29) is 0 Å². The van der Waals surface area contributed by atoms with Crippen LogP contribution in [0, 0.1) is 0 Å². The lowest BCUT2D eigenvalue weighted by Gasteiger charge is -2.03. The third-order valence-corrected chi connectivity index (χ3v) is 1.37. The summed E-state index contributed by atoms with van der Waals surface area (Å²) in [6, 6.07) is 9.67. The molecule has 0 aliphatic carbocycles. The number of rotatable bonds is 3. The van der Waals surface area contributed by atoms with E-state index in [1.54, 1.807) is 6.08 Å². The van der Waals surface area contributed by atoms with Crippen LogP contribution in [-0.4, -0.2) is 0 Å². The first-order valence-corrected chi connectivity index (χ1v) is 7.26. The maximum absolute atomic E-state index is 5.44. The summed E-state index contributed by atoms with van der Waals surface area (Å²) >= 11 is 0. The van der Waals surface area contributed by atoms with Gasteiger partial charge in [-0.25, -0.2) is 0 Å². The second-order valence-corrected chi connectivity index (χ2v) is 3.14. The summed E-state index contributed by atoms with van der Waals surface area (Å²) in [5.74, 6) is 1.70. The van der Waals surface area contributed by atoms with Gasteiger partial charge in [-0.2, -0.15) is 0 Å². The normalized spacial score (nSPS) is 8.47. The highest BCUT2D eigenvalue weighted by Crippen LogP contribution is 2.11. The van der Waals surface area contributed by atoms with E-state index < -0.39 is 0 Å². The molecule has 0 fully saturated rings. The summed E-state index contributed by atoms with van der Waals surface area (Å²) in [5.41, 5.74) is 0. The number of benzene rings is 1. The molecular formula is C18H32O. The number of hydrogen-bond acceptors (Lipinski definition) is 1. The lowest BCUT2D eigenvalue weighted by molar-refractivity contribution is 0.428. The Morgan fingerprint density at radius 3 is 1.84 bits per heavy atom. The van der Waals surface area contributed by atoms with Crippen molar-refractivity contribution in [3.63, 3.8) is 0 Å². The number of allylic oxidation sites excluding steroid dienone is 3. The van der Waals surface area contributed by atoms with Gasteiger partial charge in [-0.05, 0) is 25.1 Å². The van der Waals surface area contributed by atoms with Crippen LogP contribution in [0.3, 0.4) is 0 Å². The molecule has 19 heavy (non-hydrogen) atoms. The molecule has 1 rings (SSSR count). The summed E-state index contributed by atoms with van der Waals surface area (Å²) in [4.78, 5) is 0. The SMILES string of the molecule is C=C/C=C(\C)Oc1ccccc1.CC.CC.CCC. The van der Waals surface area contributed by atoms with Crippen LogP contribution in [0.1, 0.15) is 54.9 Å². The highest BCUT2D eigenvalue weighted by atomic mass is 16.5. The Morgan fingerprint density at radius 2 is 1.47 bits per heavy atom. The van der Waals surface area contributed by atoms with Crippen molar-refractivity contribution in [3.05, 3.63) is 54.8 Å². The molecule has 0 aliphatic rings. The Balaban J connectivity index is -0.000000313. The summed E-state index contributed by atoms with van der Waals surface area (Å²) in [5, 5.41) is 0. The van der Waals surface area contributed by atoms with E-state index in [0.717, 1.165) is 11.5 Å². The minimum absolute atomic E-state index is 0.844. The molecule has 0 N–H and O–H groups in total. The van der Waals surface area contributed by atoms with Crippen LogP contribution < -0.4 is 4.74 Å². The standard InChI is InChI=1S/C11H12O.C3H8.2C2H6/c1-3-7-10(2)12-11-8-5-4-6-9-11;1-3-2;2*1-2/h3-9H,1H2,2H3;3H2,1-2H3;2*1-2H3/b10-7+;;;. The van der Waals surface area contributed by atoms with Crippen molar-refractivity contribution in [2.75, 3.05) is 0 Å². The van der Waals surface area contributed by atoms with Gasteiger partial charge in [0.05, 0.1) is 0 Å². The maximum Gasteiger partial charge on any atom is 0.126 e. The number of ether oxygens (including phenoxy) is 1. The quantitative estimate of drug-likeness (QED) is 0.440. The highest BCUT2D eigenvalue weighted by molar-refractivity contribution is 5.23. The van der Waals surface area contributed by atoms with E-state index in [2.05, 4.69) is 20.4 Å². The number of para-hydroxylation sites is 1. The first-order chi connectivity index (χ1) is 9.24. The van der Waals surface area contributed by atoms with Gasteiger partial charge in [-0.3, -0.25) is 0 Å². The third-order valence-electron chi connectivity index (χ3n) is 1.37. The lowest BCUT2D eigenvalue weighted by atomic mass is 10.3. The van der Waals surface area contributed by atoms with Crippen LogP contribution in [0.15, 0.2) is 54.8 Å². The predicted molar refractivity (Wildman–Crippen MR) is 89.7 cm³/mol.